The highest BCUT2D eigenvalue weighted by molar-refractivity contribution is 5.97. The number of carbonyl (C=O) groups is 2. The normalized spacial score (nSPS) is 21.7. The first kappa shape index (κ1) is 15.0. The lowest BCUT2D eigenvalue weighted by atomic mass is 10.0. The lowest BCUT2D eigenvalue weighted by Gasteiger charge is -2.33. The van der Waals surface area contributed by atoms with Gasteiger partial charge < -0.3 is 15.5 Å². The van der Waals surface area contributed by atoms with Crippen molar-refractivity contribution in [1.82, 2.24) is 4.90 Å². The van der Waals surface area contributed by atoms with Crippen molar-refractivity contribution in [1.29, 1.82) is 0 Å². The molecular formula is C17H23N3O2. The summed E-state index contributed by atoms with van der Waals surface area (Å²) in [7, 11) is 0. The second-order valence-corrected chi connectivity index (χ2v) is 6.17. The van der Waals surface area contributed by atoms with Crippen molar-refractivity contribution in [3.05, 3.63) is 29.8 Å². The van der Waals surface area contributed by atoms with Crippen LogP contribution in [0.25, 0.3) is 0 Å². The predicted molar refractivity (Wildman–Crippen MR) is 85.5 cm³/mol. The molecule has 1 aromatic rings. The van der Waals surface area contributed by atoms with E-state index in [1.165, 1.54) is 5.56 Å². The summed E-state index contributed by atoms with van der Waals surface area (Å²) in [6, 6.07) is 8.05. The molecule has 1 unspecified atom stereocenters. The number of aryl methyl sites for hydroxylation is 1. The van der Waals surface area contributed by atoms with Gasteiger partial charge in [-0.05, 0) is 30.9 Å². The number of hydrogen-bond donors (Lipinski definition) is 1. The van der Waals surface area contributed by atoms with Crippen molar-refractivity contribution in [3.63, 3.8) is 0 Å². The van der Waals surface area contributed by atoms with E-state index in [0.29, 0.717) is 25.9 Å². The molecule has 5 nitrogen and oxygen atoms in total. The zero-order chi connectivity index (χ0) is 15.5. The third kappa shape index (κ3) is 3.14. The van der Waals surface area contributed by atoms with Gasteiger partial charge in [-0.1, -0.05) is 18.2 Å². The SMILES string of the molecule is NC1CCCN(C(=O)CCN2C(=O)CCc3ccccc32)C1. The number of nitrogens with two attached hydrogens (primary N) is 1. The maximum atomic E-state index is 12.3. The monoisotopic (exact) mass is 301 g/mol. The molecule has 0 aromatic heterocycles. The van der Waals surface area contributed by atoms with Gasteiger partial charge in [0.1, 0.15) is 0 Å². The van der Waals surface area contributed by atoms with Crippen LogP contribution in [-0.2, 0) is 16.0 Å². The maximum Gasteiger partial charge on any atom is 0.227 e. The summed E-state index contributed by atoms with van der Waals surface area (Å²) < 4.78 is 0. The Morgan fingerprint density at radius 3 is 2.91 bits per heavy atom. The van der Waals surface area contributed by atoms with Crippen molar-refractivity contribution in [2.75, 3.05) is 24.5 Å². The van der Waals surface area contributed by atoms with Gasteiger partial charge in [-0.25, -0.2) is 0 Å². The number of amides is 2. The highest BCUT2D eigenvalue weighted by atomic mass is 16.2. The van der Waals surface area contributed by atoms with Gasteiger partial charge >= 0.3 is 0 Å². The van der Waals surface area contributed by atoms with E-state index < -0.39 is 0 Å². The Labute approximate surface area is 131 Å². The molecule has 1 atom stereocenters. The van der Waals surface area contributed by atoms with E-state index in [4.69, 9.17) is 5.73 Å². The van der Waals surface area contributed by atoms with Crippen LogP contribution in [0, 0.1) is 0 Å². The van der Waals surface area contributed by atoms with Crippen LogP contribution in [0.2, 0.25) is 0 Å². The van der Waals surface area contributed by atoms with Gasteiger partial charge in [0, 0.05) is 44.2 Å². The molecule has 2 amide bonds. The van der Waals surface area contributed by atoms with Gasteiger partial charge in [0.05, 0.1) is 0 Å². The summed E-state index contributed by atoms with van der Waals surface area (Å²) in [5.74, 6) is 0.216. The predicted octanol–water partition coefficient (Wildman–Crippen LogP) is 1.31. The Kier molecular flexibility index (Phi) is 4.43. The van der Waals surface area contributed by atoms with E-state index in [1.807, 2.05) is 23.1 Å². The van der Waals surface area contributed by atoms with E-state index in [2.05, 4.69) is 6.07 Å². The largest absolute Gasteiger partial charge is 0.341 e. The fourth-order valence-electron chi connectivity index (χ4n) is 3.34. The van der Waals surface area contributed by atoms with Gasteiger partial charge in [-0.15, -0.1) is 0 Å². The molecule has 2 N–H and O–H groups in total. The van der Waals surface area contributed by atoms with Crippen LogP contribution in [0.1, 0.15) is 31.2 Å². The van der Waals surface area contributed by atoms with Gasteiger partial charge in [-0.2, -0.15) is 0 Å². The Morgan fingerprint density at radius 1 is 1.27 bits per heavy atom. The van der Waals surface area contributed by atoms with Gasteiger partial charge in [0.15, 0.2) is 0 Å². The number of carbonyl (C=O) groups excluding carboxylic acids is 2. The number of nitrogens with zero attached hydrogens (tertiary/aromatic N) is 2. The topological polar surface area (TPSA) is 66.6 Å². The molecule has 1 fully saturated rings. The van der Waals surface area contributed by atoms with E-state index in [-0.39, 0.29) is 17.9 Å². The minimum Gasteiger partial charge on any atom is -0.341 e. The minimum absolute atomic E-state index is 0.0926. The number of piperidine rings is 1. The number of likely N-dealkylation sites (tertiary alicyclic amines) is 1. The molecule has 0 spiro atoms. The second-order valence-electron chi connectivity index (χ2n) is 6.17. The van der Waals surface area contributed by atoms with Crippen molar-refractivity contribution in [3.8, 4) is 0 Å². The molecule has 2 aliphatic heterocycles. The molecule has 118 valence electrons. The molecule has 3 rings (SSSR count). The van der Waals surface area contributed by atoms with E-state index >= 15 is 0 Å². The molecule has 1 aromatic carbocycles. The zero-order valence-electron chi connectivity index (χ0n) is 12.8. The molecule has 0 bridgehead atoms. The van der Waals surface area contributed by atoms with E-state index in [1.54, 1.807) is 4.90 Å². The summed E-state index contributed by atoms with van der Waals surface area (Å²) >= 11 is 0. The van der Waals surface area contributed by atoms with Crippen molar-refractivity contribution < 1.29 is 9.59 Å². The van der Waals surface area contributed by atoms with Crippen LogP contribution < -0.4 is 10.6 Å². The molecule has 0 radical (unpaired) electrons. The summed E-state index contributed by atoms with van der Waals surface area (Å²) in [6.45, 7) is 1.89. The standard InChI is InChI=1S/C17H23N3O2/c18-14-5-3-10-19(12-14)16(21)9-11-20-15-6-2-1-4-13(15)7-8-17(20)22/h1-2,4,6,14H,3,5,7-12,18H2. The number of hydrogen-bond acceptors (Lipinski definition) is 3. The van der Waals surface area contributed by atoms with E-state index in [0.717, 1.165) is 31.5 Å². The number of anilines is 1. The Balaban J connectivity index is 1.63. The molecule has 22 heavy (non-hydrogen) atoms. The summed E-state index contributed by atoms with van der Waals surface area (Å²) in [4.78, 5) is 28.1. The van der Waals surface area contributed by atoms with Crippen molar-refractivity contribution >= 4 is 17.5 Å². The first-order valence-corrected chi connectivity index (χ1v) is 8.07. The van der Waals surface area contributed by atoms with Crippen LogP contribution in [-0.4, -0.2) is 42.4 Å². The van der Waals surface area contributed by atoms with Crippen LogP contribution >= 0.6 is 0 Å². The molecule has 1 saturated heterocycles. The Hall–Kier alpha value is -1.88. The van der Waals surface area contributed by atoms with Crippen LogP contribution in [0.15, 0.2) is 24.3 Å². The van der Waals surface area contributed by atoms with Crippen molar-refractivity contribution in [2.24, 2.45) is 5.73 Å². The molecule has 5 heteroatoms. The number of rotatable bonds is 3. The lowest BCUT2D eigenvalue weighted by Crippen LogP contribution is -2.47. The number of fused-ring (bicyclic) bond motifs is 1. The van der Waals surface area contributed by atoms with E-state index in [9.17, 15) is 9.59 Å². The molecular weight excluding hydrogens is 278 g/mol. The third-order valence-electron chi connectivity index (χ3n) is 4.55. The summed E-state index contributed by atoms with van der Waals surface area (Å²) in [5.41, 5.74) is 8.08. The van der Waals surface area contributed by atoms with Gasteiger partial charge in [0.2, 0.25) is 11.8 Å². The fourth-order valence-corrected chi connectivity index (χ4v) is 3.34. The number of benzene rings is 1. The Morgan fingerprint density at radius 2 is 2.09 bits per heavy atom. The van der Waals surface area contributed by atoms with Crippen molar-refractivity contribution in [2.45, 2.75) is 38.1 Å². The molecule has 0 saturated carbocycles. The smallest absolute Gasteiger partial charge is 0.227 e. The van der Waals surface area contributed by atoms with Crippen LogP contribution in [0.3, 0.4) is 0 Å². The summed E-state index contributed by atoms with van der Waals surface area (Å²) in [6.07, 6.45) is 3.65. The lowest BCUT2D eigenvalue weighted by molar-refractivity contribution is -0.132. The third-order valence-corrected chi connectivity index (χ3v) is 4.55. The van der Waals surface area contributed by atoms with Gasteiger partial charge in [-0.3, -0.25) is 9.59 Å². The average Bonchev–Trinajstić information content (AvgIpc) is 2.53. The second kappa shape index (κ2) is 6.48. The minimum atomic E-state index is 0.0926. The highest BCUT2D eigenvalue weighted by Crippen LogP contribution is 2.27. The Bertz CT molecular complexity index is 573. The first-order valence-electron chi connectivity index (χ1n) is 8.07. The van der Waals surface area contributed by atoms with Gasteiger partial charge in [0.25, 0.3) is 0 Å². The average molecular weight is 301 g/mol. The fraction of sp³-hybridized carbons (Fsp3) is 0.529. The quantitative estimate of drug-likeness (QED) is 0.915. The zero-order valence-corrected chi connectivity index (χ0v) is 12.8. The highest BCUT2D eigenvalue weighted by Gasteiger charge is 2.26. The van der Waals surface area contributed by atoms with Crippen LogP contribution in [0.5, 0.6) is 0 Å². The first-order chi connectivity index (χ1) is 10.6. The molecule has 2 aliphatic rings. The maximum absolute atomic E-state index is 12.3. The molecule has 2 heterocycles. The molecule has 0 aliphatic carbocycles. The number of para-hydroxylation sites is 1. The van der Waals surface area contributed by atoms with Crippen LogP contribution in [0.4, 0.5) is 5.69 Å². The summed E-state index contributed by atoms with van der Waals surface area (Å²) in [5, 5.41) is 0.